The van der Waals surface area contributed by atoms with Gasteiger partial charge in [0, 0.05) is 32.7 Å². The number of benzene rings is 1. The van der Waals surface area contributed by atoms with E-state index in [1.165, 1.54) is 5.56 Å². The van der Waals surface area contributed by atoms with Crippen LogP contribution in [0.5, 0.6) is 5.75 Å². The van der Waals surface area contributed by atoms with Crippen LogP contribution in [-0.2, 0) is 11.3 Å². The van der Waals surface area contributed by atoms with Gasteiger partial charge in [-0.1, -0.05) is 12.1 Å². The van der Waals surface area contributed by atoms with Gasteiger partial charge in [-0.15, -0.1) is 0 Å². The van der Waals surface area contributed by atoms with Crippen LogP contribution in [0.3, 0.4) is 0 Å². The van der Waals surface area contributed by atoms with Crippen LogP contribution in [-0.4, -0.2) is 62.6 Å². The molecule has 1 fully saturated rings. The Balaban J connectivity index is 1.86. The summed E-state index contributed by atoms with van der Waals surface area (Å²) in [6.07, 6.45) is 1.03. The number of hydrogen-bond donors (Lipinski definition) is 1. The van der Waals surface area contributed by atoms with Crippen molar-refractivity contribution in [2.75, 3.05) is 46.9 Å². The van der Waals surface area contributed by atoms with E-state index in [4.69, 9.17) is 4.74 Å². The Morgan fingerprint density at radius 1 is 1.19 bits per heavy atom. The highest BCUT2D eigenvalue weighted by Crippen LogP contribution is 2.14. The predicted octanol–water partition coefficient (Wildman–Crippen LogP) is 0.949. The maximum absolute atomic E-state index is 11.9. The van der Waals surface area contributed by atoms with Crippen LogP contribution in [0.2, 0.25) is 0 Å². The van der Waals surface area contributed by atoms with Gasteiger partial charge in [-0.25, -0.2) is 0 Å². The minimum Gasteiger partial charge on any atom is -0.497 e. The zero-order valence-electron chi connectivity index (χ0n) is 13.0. The summed E-state index contributed by atoms with van der Waals surface area (Å²) in [5.41, 5.74) is 1.28. The SMILES string of the molecule is CNCC(=O)N1CCCN(Cc2ccc(OC)cc2)CC1. The number of nitrogens with one attached hydrogen (secondary N) is 1. The van der Waals surface area contributed by atoms with E-state index in [0.29, 0.717) is 6.54 Å². The summed E-state index contributed by atoms with van der Waals surface area (Å²) in [5.74, 6) is 1.09. The average molecular weight is 291 g/mol. The van der Waals surface area contributed by atoms with Crippen LogP contribution in [0.4, 0.5) is 0 Å². The topological polar surface area (TPSA) is 44.8 Å². The minimum atomic E-state index is 0.198. The first-order chi connectivity index (χ1) is 10.2. The second kappa shape index (κ2) is 8.00. The molecule has 1 aromatic carbocycles. The molecule has 1 amide bonds. The smallest absolute Gasteiger partial charge is 0.236 e. The summed E-state index contributed by atoms with van der Waals surface area (Å²) in [5, 5.41) is 2.93. The average Bonchev–Trinajstić information content (AvgIpc) is 2.74. The van der Waals surface area contributed by atoms with Gasteiger partial charge in [-0.3, -0.25) is 9.69 Å². The van der Waals surface area contributed by atoms with Crippen LogP contribution in [0, 0.1) is 0 Å². The first-order valence-corrected chi connectivity index (χ1v) is 7.50. The second-order valence-corrected chi connectivity index (χ2v) is 5.39. The van der Waals surface area contributed by atoms with Crippen molar-refractivity contribution < 1.29 is 9.53 Å². The molecule has 0 spiro atoms. The minimum absolute atomic E-state index is 0.198. The maximum Gasteiger partial charge on any atom is 0.236 e. The van der Waals surface area contributed by atoms with Gasteiger partial charge in [-0.2, -0.15) is 0 Å². The van der Waals surface area contributed by atoms with Gasteiger partial charge in [0.15, 0.2) is 0 Å². The molecule has 0 atom stereocenters. The van der Waals surface area contributed by atoms with E-state index in [2.05, 4.69) is 22.3 Å². The molecule has 1 saturated heterocycles. The highest BCUT2D eigenvalue weighted by atomic mass is 16.5. The van der Waals surface area contributed by atoms with Crippen LogP contribution in [0.1, 0.15) is 12.0 Å². The van der Waals surface area contributed by atoms with E-state index < -0.39 is 0 Å². The molecule has 0 aliphatic carbocycles. The summed E-state index contributed by atoms with van der Waals surface area (Å²) in [6, 6.07) is 8.20. The zero-order chi connectivity index (χ0) is 15.1. The Morgan fingerprint density at radius 2 is 1.95 bits per heavy atom. The molecule has 116 valence electrons. The van der Waals surface area contributed by atoms with Gasteiger partial charge in [0.25, 0.3) is 0 Å². The lowest BCUT2D eigenvalue weighted by molar-refractivity contribution is -0.130. The molecule has 1 heterocycles. The molecule has 1 aliphatic heterocycles. The molecular weight excluding hydrogens is 266 g/mol. The van der Waals surface area contributed by atoms with Crippen molar-refractivity contribution in [2.45, 2.75) is 13.0 Å². The molecule has 1 N–H and O–H groups in total. The molecule has 0 aromatic heterocycles. The van der Waals surface area contributed by atoms with Gasteiger partial charge in [-0.05, 0) is 31.2 Å². The number of amides is 1. The Bertz CT molecular complexity index is 447. The van der Waals surface area contributed by atoms with Crippen molar-refractivity contribution in [3.63, 3.8) is 0 Å². The number of ether oxygens (including phenoxy) is 1. The summed E-state index contributed by atoms with van der Waals surface area (Å²) in [4.78, 5) is 16.3. The van der Waals surface area contributed by atoms with Crippen LogP contribution in [0.25, 0.3) is 0 Å². The Labute approximate surface area is 126 Å². The van der Waals surface area contributed by atoms with E-state index in [-0.39, 0.29) is 5.91 Å². The van der Waals surface area contributed by atoms with Crippen molar-refractivity contribution >= 4 is 5.91 Å². The highest BCUT2D eigenvalue weighted by molar-refractivity contribution is 5.78. The summed E-state index contributed by atoms with van der Waals surface area (Å²) >= 11 is 0. The van der Waals surface area contributed by atoms with Crippen molar-refractivity contribution in [1.82, 2.24) is 15.1 Å². The van der Waals surface area contributed by atoms with E-state index in [9.17, 15) is 4.79 Å². The van der Waals surface area contributed by atoms with Crippen molar-refractivity contribution in [2.24, 2.45) is 0 Å². The quantitative estimate of drug-likeness (QED) is 0.877. The molecule has 2 rings (SSSR count). The van der Waals surface area contributed by atoms with Crippen LogP contribution >= 0.6 is 0 Å². The van der Waals surface area contributed by atoms with E-state index in [1.807, 2.05) is 24.1 Å². The van der Waals surface area contributed by atoms with E-state index >= 15 is 0 Å². The molecule has 0 saturated carbocycles. The second-order valence-electron chi connectivity index (χ2n) is 5.39. The van der Waals surface area contributed by atoms with Gasteiger partial charge in [0.2, 0.25) is 5.91 Å². The Hall–Kier alpha value is -1.59. The van der Waals surface area contributed by atoms with Gasteiger partial charge in [0.05, 0.1) is 13.7 Å². The first-order valence-electron chi connectivity index (χ1n) is 7.50. The fourth-order valence-corrected chi connectivity index (χ4v) is 2.63. The maximum atomic E-state index is 11.9. The standard InChI is InChI=1S/C16H25N3O2/c1-17-12-16(20)19-9-3-8-18(10-11-19)13-14-4-6-15(21-2)7-5-14/h4-7,17H,3,8-13H2,1-2H3. The third-order valence-electron chi connectivity index (χ3n) is 3.83. The van der Waals surface area contributed by atoms with E-state index in [0.717, 1.165) is 44.9 Å². The monoisotopic (exact) mass is 291 g/mol. The molecule has 0 radical (unpaired) electrons. The Morgan fingerprint density at radius 3 is 2.62 bits per heavy atom. The Kier molecular flexibility index (Phi) is 6.02. The van der Waals surface area contributed by atoms with Crippen molar-refractivity contribution in [3.8, 4) is 5.75 Å². The lowest BCUT2D eigenvalue weighted by atomic mass is 10.2. The van der Waals surface area contributed by atoms with Gasteiger partial charge >= 0.3 is 0 Å². The number of likely N-dealkylation sites (N-methyl/N-ethyl adjacent to an activating group) is 1. The molecular formula is C16H25N3O2. The fraction of sp³-hybridized carbons (Fsp3) is 0.562. The number of carbonyl (C=O) groups excluding carboxylic acids is 1. The number of nitrogens with zero attached hydrogens (tertiary/aromatic N) is 2. The van der Waals surface area contributed by atoms with Crippen molar-refractivity contribution in [3.05, 3.63) is 29.8 Å². The number of carbonyl (C=O) groups is 1. The molecule has 5 heteroatoms. The molecule has 1 aromatic rings. The number of rotatable bonds is 5. The molecule has 1 aliphatic rings. The zero-order valence-corrected chi connectivity index (χ0v) is 13.0. The van der Waals surface area contributed by atoms with Gasteiger partial charge in [0.1, 0.15) is 5.75 Å². The normalized spacial score (nSPS) is 16.6. The third-order valence-corrected chi connectivity index (χ3v) is 3.83. The molecule has 0 bridgehead atoms. The number of hydrogen-bond acceptors (Lipinski definition) is 4. The first kappa shape index (κ1) is 15.8. The predicted molar refractivity (Wildman–Crippen MR) is 83.4 cm³/mol. The lowest BCUT2D eigenvalue weighted by Crippen LogP contribution is -2.39. The third kappa shape index (κ3) is 4.72. The summed E-state index contributed by atoms with van der Waals surface area (Å²) in [6.45, 7) is 5.00. The van der Waals surface area contributed by atoms with Crippen LogP contribution in [0.15, 0.2) is 24.3 Å². The summed E-state index contributed by atoms with van der Waals surface area (Å²) in [7, 11) is 3.49. The molecule has 0 unspecified atom stereocenters. The van der Waals surface area contributed by atoms with Gasteiger partial charge < -0.3 is 15.0 Å². The fourth-order valence-electron chi connectivity index (χ4n) is 2.63. The molecule has 5 nitrogen and oxygen atoms in total. The number of methoxy groups -OCH3 is 1. The largest absolute Gasteiger partial charge is 0.497 e. The molecule has 21 heavy (non-hydrogen) atoms. The lowest BCUT2D eigenvalue weighted by Gasteiger charge is -2.22. The summed E-state index contributed by atoms with van der Waals surface area (Å²) < 4.78 is 5.18. The highest BCUT2D eigenvalue weighted by Gasteiger charge is 2.18. The van der Waals surface area contributed by atoms with Crippen LogP contribution < -0.4 is 10.1 Å². The van der Waals surface area contributed by atoms with Crippen molar-refractivity contribution in [1.29, 1.82) is 0 Å². The van der Waals surface area contributed by atoms with E-state index in [1.54, 1.807) is 7.11 Å².